The summed E-state index contributed by atoms with van der Waals surface area (Å²) in [5.41, 5.74) is 3.51. The molecule has 2 nitrogen and oxygen atoms in total. The van der Waals surface area contributed by atoms with E-state index in [4.69, 9.17) is 17.4 Å². The van der Waals surface area contributed by atoms with E-state index in [0.717, 1.165) is 0 Å². The summed E-state index contributed by atoms with van der Waals surface area (Å²) >= 11 is 9.17. The van der Waals surface area contributed by atoms with Crippen LogP contribution in [-0.2, 0) is 6.42 Å². The molecule has 0 radical (unpaired) electrons. The Morgan fingerprint density at radius 3 is 2.45 bits per heavy atom. The van der Waals surface area contributed by atoms with Crippen molar-refractivity contribution in [3.63, 3.8) is 0 Å². The van der Waals surface area contributed by atoms with Gasteiger partial charge in [-0.2, -0.15) is 0 Å². The minimum absolute atomic E-state index is 0.212. The van der Waals surface area contributed by atoms with Gasteiger partial charge in [-0.05, 0) is 46.1 Å². The Labute approximate surface area is 129 Å². The molecule has 2 aromatic carbocycles. The largest absolute Gasteiger partial charge is 0.271 e. The van der Waals surface area contributed by atoms with Gasteiger partial charge in [0.15, 0.2) is 0 Å². The van der Waals surface area contributed by atoms with E-state index in [9.17, 15) is 8.78 Å². The Morgan fingerprint density at radius 1 is 1.15 bits per heavy atom. The second-order valence-electron chi connectivity index (χ2n) is 4.27. The Morgan fingerprint density at radius 2 is 1.80 bits per heavy atom. The summed E-state index contributed by atoms with van der Waals surface area (Å²) in [6.45, 7) is 0. The van der Waals surface area contributed by atoms with Crippen LogP contribution in [0.4, 0.5) is 8.78 Å². The first kappa shape index (κ1) is 15.4. The Bertz CT molecular complexity index is 602. The molecule has 2 rings (SSSR count). The third-order valence-corrected chi connectivity index (χ3v) is 4.22. The number of hydrogen-bond acceptors (Lipinski definition) is 2. The van der Waals surface area contributed by atoms with Crippen LogP contribution in [0.3, 0.4) is 0 Å². The van der Waals surface area contributed by atoms with Gasteiger partial charge < -0.3 is 0 Å². The van der Waals surface area contributed by atoms with Crippen LogP contribution in [-0.4, -0.2) is 0 Å². The standard InChI is InChI=1S/C14H12BrClF2N2/c15-14-8(3-1-6-12(14)18)13(20-19)7-9-10(16)4-2-5-11(9)17/h1-6,13,20H,7,19H2. The smallest absolute Gasteiger partial charge is 0.137 e. The molecule has 1 atom stereocenters. The van der Waals surface area contributed by atoms with Gasteiger partial charge in [0.2, 0.25) is 0 Å². The summed E-state index contributed by atoms with van der Waals surface area (Å²) in [5.74, 6) is 4.70. The van der Waals surface area contributed by atoms with E-state index in [1.807, 2.05) is 0 Å². The maximum absolute atomic E-state index is 13.8. The zero-order valence-electron chi connectivity index (χ0n) is 10.3. The molecule has 0 aromatic heterocycles. The second kappa shape index (κ2) is 6.63. The SMILES string of the molecule is NNC(Cc1c(F)cccc1Cl)c1cccc(F)c1Br. The highest BCUT2D eigenvalue weighted by atomic mass is 79.9. The number of rotatable bonds is 4. The maximum Gasteiger partial charge on any atom is 0.137 e. The molecule has 20 heavy (non-hydrogen) atoms. The van der Waals surface area contributed by atoms with E-state index in [-0.39, 0.29) is 6.42 Å². The first-order valence-electron chi connectivity index (χ1n) is 5.87. The Balaban J connectivity index is 2.37. The van der Waals surface area contributed by atoms with E-state index >= 15 is 0 Å². The highest BCUT2D eigenvalue weighted by molar-refractivity contribution is 9.10. The van der Waals surface area contributed by atoms with E-state index in [0.29, 0.717) is 20.6 Å². The minimum atomic E-state index is -0.463. The van der Waals surface area contributed by atoms with Gasteiger partial charge in [-0.25, -0.2) is 8.78 Å². The van der Waals surface area contributed by atoms with Gasteiger partial charge in [0.05, 0.1) is 10.5 Å². The summed E-state index contributed by atoms with van der Waals surface area (Å²) in [4.78, 5) is 0. The number of nitrogens with one attached hydrogen (secondary N) is 1. The third-order valence-electron chi connectivity index (χ3n) is 3.03. The van der Waals surface area contributed by atoms with Crippen LogP contribution in [0.15, 0.2) is 40.9 Å². The van der Waals surface area contributed by atoms with Gasteiger partial charge in [-0.1, -0.05) is 29.8 Å². The summed E-state index contributed by atoms with van der Waals surface area (Å²) in [5, 5.41) is 0.317. The van der Waals surface area contributed by atoms with E-state index in [2.05, 4.69) is 21.4 Å². The van der Waals surface area contributed by atoms with Gasteiger partial charge in [-0.15, -0.1) is 0 Å². The molecular formula is C14H12BrClF2N2. The van der Waals surface area contributed by atoms with Gasteiger partial charge in [0.25, 0.3) is 0 Å². The first-order valence-corrected chi connectivity index (χ1v) is 7.04. The Kier molecular flexibility index (Phi) is 5.10. The molecule has 6 heteroatoms. The van der Waals surface area contributed by atoms with Crippen LogP contribution in [0, 0.1) is 11.6 Å². The highest BCUT2D eigenvalue weighted by Crippen LogP contribution is 2.30. The van der Waals surface area contributed by atoms with Crippen molar-refractivity contribution in [3.8, 4) is 0 Å². The molecule has 2 aromatic rings. The average Bonchev–Trinajstić information content (AvgIpc) is 2.42. The van der Waals surface area contributed by atoms with Crippen LogP contribution < -0.4 is 11.3 Å². The summed E-state index contributed by atoms with van der Waals surface area (Å²) in [6, 6.07) is 8.62. The lowest BCUT2D eigenvalue weighted by Gasteiger charge is -2.19. The van der Waals surface area contributed by atoms with Crippen molar-refractivity contribution < 1.29 is 8.78 Å². The number of hydrazine groups is 1. The predicted octanol–water partition coefficient (Wildman–Crippen LogP) is 4.13. The van der Waals surface area contributed by atoms with Crippen LogP contribution in [0.1, 0.15) is 17.2 Å². The molecule has 0 aliphatic heterocycles. The van der Waals surface area contributed by atoms with E-state index < -0.39 is 17.7 Å². The lowest BCUT2D eigenvalue weighted by atomic mass is 9.99. The molecule has 0 saturated heterocycles. The van der Waals surface area contributed by atoms with Gasteiger partial charge >= 0.3 is 0 Å². The molecule has 106 valence electrons. The second-order valence-corrected chi connectivity index (χ2v) is 5.47. The molecule has 0 saturated carbocycles. The van der Waals surface area contributed by atoms with Crippen molar-refractivity contribution in [3.05, 3.63) is 68.7 Å². The summed E-state index contributed by atoms with van der Waals surface area (Å²) < 4.78 is 27.7. The van der Waals surface area contributed by atoms with E-state index in [1.165, 1.54) is 18.2 Å². The first-order chi connectivity index (χ1) is 9.54. The molecule has 0 bridgehead atoms. The van der Waals surface area contributed by atoms with Crippen LogP contribution >= 0.6 is 27.5 Å². The van der Waals surface area contributed by atoms with Gasteiger partial charge in [-0.3, -0.25) is 11.3 Å². The van der Waals surface area contributed by atoms with Crippen molar-refractivity contribution in [2.75, 3.05) is 0 Å². The lowest BCUT2D eigenvalue weighted by Crippen LogP contribution is -2.30. The number of halogens is 4. The normalized spacial score (nSPS) is 12.4. The molecular weight excluding hydrogens is 350 g/mol. The minimum Gasteiger partial charge on any atom is -0.271 e. The average molecular weight is 362 g/mol. The molecule has 0 spiro atoms. The zero-order chi connectivity index (χ0) is 14.7. The third kappa shape index (κ3) is 3.17. The highest BCUT2D eigenvalue weighted by Gasteiger charge is 2.19. The molecule has 0 aliphatic rings. The molecule has 3 N–H and O–H groups in total. The number of benzene rings is 2. The van der Waals surface area contributed by atoms with Crippen molar-refractivity contribution in [1.29, 1.82) is 0 Å². The fourth-order valence-corrected chi connectivity index (χ4v) is 2.76. The summed E-state index contributed by atoms with van der Waals surface area (Å²) in [6.07, 6.45) is 0.212. The van der Waals surface area contributed by atoms with Gasteiger partial charge in [0, 0.05) is 10.6 Å². The van der Waals surface area contributed by atoms with E-state index in [1.54, 1.807) is 18.2 Å². The molecule has 0 amide bonds. The van der Waals surface area contributed by atoms with Crippen LogP contribution in [0.25, 0.3) is 0 Å². The van der Waals surface area contributed by atoms with Gasteiger partial charge in [0.1, 0.15) is 11.6 Å². The quantitative estimate of drug-likeness (QED) is 0.635. The lowest BCUT2D eigenvalue weighted by molar-refractivity contribution is 0.522. The van der Waals surface area contributed by atoms with Crippen molar-refractivity contribution in [2.24, 2.45) is 5.84 Å². The van der Waals surface area contributed by atoms with Crippen molar-refractivity contribution >= 4 is 27.5 Å². The molecule has 1 unspecified atom stereocenters. The van der Waals surface area contributed by atoms with Crippen molar-refractivity contribution in [2.45, 2.75) is 12.5 Å². The Hall–Kier alpha value is -1.01. The number of nitrogens with two attached hydrogens (primary N) is 1. The van der Waals surface area contributed by atoms with Crippen molar-refractivity contribution in [1.82, 2.24) is 5.43 Å². The number of hydrogen-bond donors (Lipinski definition) is 2. The predicted molar refractivity (Wildman–Crippen MR) is 79.3 cm³/mol. The maximum atomic E-state index is 13.8. The fourth-order valence-electron chi connectivity index (χ4n) is 1.98. The van der Waals surface area contributed by atoms with Crippen LogP contribution in [0.5, 0.6) is 0 Å². The zero-order valence-corrected chi connectivity index (χ0v) is 12.7. The van der Waals surface area contributed by atoms with Crippen LogP contribution in [0.2, 0.25) is 5.02 Å². The molecule has 0 fully saturated rings. The fraction of sp³-hybridized carbons (Fsp3) is 0.143. The monoisotopic (exact) mass is 360 g/mol. The molecule has 0 heterocycles. The molecule has 0 aliphatic carbocycles. The topological polar surface area (TPSA) is 38.0 Å². The summed E-state index contributed by atoms with van der Waals surface area (Å²) in [7, 11) is 0.